The lowest BCUT2D eigenvalue weighted by Gasteiger charge is -2.09. The van der Waals surface area contributed by atoms with Crippen LogP contribution in [0.2, 0.25) is 0 Å². The average molecular weight is 415 g/mol. The van der Waals surface area contributed by atoms with Crippen molar-refractivity contribution in [2.45, 2.75) is 25.0 Å². The van der Waals surface area contributed by atoms with Gasteiger partial charge in [0.15, 0.2) is 10.8 Å². The lowest BCUT2D eigenvalue weighted by Crippen LogP contribution is -2.27. The molecule has 2 heterocycles. The topological polar surface area (TPSA) is 128 Å². The van der Waals surface area contributed by atoms with E-state index in [1.807, 2.05) is 6.26 Å². The first-order chi connectivity index (χ1) is 14.0. The molecule has 0 saturated carbocycles. The Kier molecular flexibility index (Phi) is 6.60. The number of benzene rings is 1. The number of aromatic nitrogens is 4. The average Bonchev–Trinajstić information content (AvgIpc) is 3.14. The van der Waals surface area contributed by atoms with E-state index in [2.05, 4.69) is 32.6 Å². The highest BCUT2D eigenvalue weighted by molar-refractivity contribution is 7.98. The number of nitro benzene ring substituents is 1. The van der Waals surface area contributed by atoms with Gasteiger partial charge < -0.3 is 10.6 Å². The van der Waals surface area contributed by atoms with Gasteiger partial charge >= 0.3 is 0 Å². The molecule has 11 heteroatoms. The molecule has 0 fully saturated rings. The number of nitro groups is 1. The number of hydrogen-bond acceptors (Lipinski definition) is 8. The van der Waals surface area contributed by atoms with E-state index in [0.29, 0.717) is 23.9 Å². The van der Waals surface area contributed by atoms with Crippen molar-refractivity contribution in [2.75, 3.05) is 24.7 Å². The largest absolute Gasteiger partial charge is 0.369 e. The number of carbonyl (C=O) groups is 1. The molecule has 1 amide bonds. The highest BCUT2D eigenvalue weighted by Gasteiger charge is 2.14. The minimum absolute atomic E-state index is 0.121. The second-order valence-corrected chi connectivity index (χ2v) is 6.93. The van der Waals surface area contributed by atoms with E-state index in [4.69, 9.17) is 0 Å². The first-order valence-electron chi connectivity index (χ1n) is 9.07. The molecular formula is C18H21N7O3S. The number of amides is 1. The summed E-state index contributed by atoms with van der Waals surface area (Å²) in [5, 5.41) is 22.7. The summed E-state index contributed by atoms with van der Waals surface area (Å²) in [6.07, 6.45) is 4.59. The highest BCUT2D eigenvalue weighted by atomic mass is 32.2. The zero-order chi connectivity index (χ0) is 20.8. The SMILES string of the molecule is CCCNc1nc(SC)nc2c1cnn2CCNC(=O)c1cccc([N+](=O)[O-])c1. The molecule has 152 valence electrons. The molecule has 0 aliphatic rings. The van der Waals surface area contributed by atoms with Crippen molar-refractivity contribution in [1.82, 2.24) is 25.1 Å². The van der Waals surface area contributed by atoms with E-state index >= 15 is 0 Å². The summed E-state index contributed by atoms with van der Waals surface area (Å²) in [7, 11) is 0. The zero-order valence-electron chi connectivity index (χ0n) is 16.1. The van der Waals surface area contributed by atoms with E-state index in [9.17, 15) is 14.9 Å². The van der Waals surface area contributed by atoms with Crippen molar-refractivity contribution in [3.8, 4) is 0 Å². The van der Waals surface area contributed by atoms with Gasteiger partial charge in [0.05, 0.1) is 23.1 Å². The molecule has 0 spiro atoms. The smallest absolute Gasteiger partial charge is 0.270 e. The quantitative estimate of drug-likeness (QED) is 0.236. The lowest BCUT2D eigenvalue weighted by atomic mass is 10.2. The van der Waals surface area contributed by atoms with Gasteiger partial charge in [0, 0.05) is 30.8 Å². The van der Waals surface area contributed by atoms with E-state index in [-0.39, 0.29) is 17.2 Å². The molecule has 0 bridgehead atoms. The highest BCUT2D eigenvalue weighted by Crippen LogP contribution is 2.23. The molecule has 0 aliphatic carbocycles. The number of carbonyl (C=O) groups excluding carboxylic acids is 1. The van der Waals surface area contributed by atoms with E-state index in [1.54, 1.807) is 10.9 Å². The number of nitrogens with one attached hydrogen (secondary N) is 2. The van der Waals surface area contributed by atoms with Gasteiger partial charge in [0.1, 0.15) is 5.82 Å². The maximum absolute atomic E-state index is 12.3. The van der Waals surface area contributed by atoms with Gasteiger partial charge in [0.25, 0.3) is 11.6 Å². The van der Waals surface area contributed by atoms with Crippen molar-refractivity contribution < 1.29 is 9.72 Å². The van der Waals surface area contributed by atoms with Crippen LogP contribution < -0.4 is 10.6 Å². The maximum atomic E-state index is 12.3. The van der Waals surface area contributed by atoms with E-state index in [1.165, 1.54) is 36.0 Å². The van der Waals surface area contributed by atoms with Gasteiger partial charge in [-0.1, -0.05) is 24.8 Å². The van der Waals surface area contributed by atoms with E-state index in [0.717, 1.165) is 24.2 Å². The fraction of sp³-hybridized carbons (Fsp3) is 0.333. The minimum Gasteiger partial charge on any atom is -0.369 e. The fourth-order valence-corrected chi connectivity index (χ4v) is 3.07. The Labute approximate surface area is 171 Å². The molecule has 3 aromatic rings. The van der Waals surface area contributed by atoms with Crippen LogP contribution in [0.25, 0.3) is 11.0 Å². The van der Waals surface area contributed by atoms with Crippen LogP contribution in [0.4, 0.5) is 11.5 Å². The van der Waals surface area contributed by atoms with Crippen LogP contribution in [0, 0.1) is 10.1 Å². The van der Waals surface area contributed by atoms with Crippen molar-refractivity contribution in [3.63, 3.8) is 0 Å². The minimum atomic E-state index is -0.528. The number of fused-ring (bicyclic) bond motifs is 1. The fourth-order valence-electron chi connectivity index (χ4n) is 2.71. The molecule has 29 heavy (non-hydrogen) atoms. The van der Waals surface area contributed by atoms with Crippen LogP contribution in [-0.2, 0) is 6.54 Å². The molecule has 2 aromatic heterocycles. The predicted molar refractivity (Wildman–Crippen MR) is 111 cm³/mol. The molecule has 0 radical (unpaired) electrons. The molecule has 2 N–H and O–H groups in total. The molecule has 0 aliphatic heterocycles. The van der Waals surface area contributed by atoms with Crippen molar-refractivity contribution >= 4 is 40.2 Å². The van der Waals surface area contributed by atoms with Crippen LogP contribution in [0.3, 0.4) is 0 Å². The molecule has 3 rings (SSSR count). The number of thioether (sulfide) groups is 1. The van der Waals surface area contributed by atoms with Gasteiger partial charge in [-0.15, -0.1) is 0 Å². The summed E-state index contributed by atoms with van der Waals surface area (Å²) in [5.74, 6) is 0.364. The van der Waals surface area contributed by atoms with E-state index < -0.39 is 4.92 Å². The van der Waals surface area contributed by atoms with Crippen LogP contribution >= 0.6 is 11.8 Å². The van der Waals surface area contributed by atoms with Crippen LogP contribution in [-0.4, -0.2) is 49.9 Å². The number of hydrogen-bond donors (Lipinski definition) is 2. The van der Waals surface area contributed by atoms with Crippen LogP contribution in [0.5, 0.6) is 0 Å². The second kappa shape index (κ2) is 9.32. The van der Waals surface area contributed by atoms with Crippen molar-refractivity contribution in [1.29, 1.82) is 0 Å². The van der Waals surface area contributed by atoms with Crippen LogP contribution in [0.15, 0.2) is 35.6 Å². The third-order valence-corrected chi connectivity index (χ3v) is 4.68. The summed E-state index contributed by atoms with van der Waals surface area (Å²) in [4.78, 5) is 31.7. The molecule has 0 saturated heterocycles. The molecule has 0 atom stereocenters. The Bertz CT molecular complexity index is 1040. The predicted octanol–water partition coefficient (Wildman–Crippen LogP) is 2.71. The second-order valence-electron chi connectivity index (χ2n) is 6.15. The van der Waals surface area contributed by atoms with Gasteiger partial charge in [0.2, 0.25) is 0 Å². The Hall–Kier alpha value is -3.21. The number of rotatable bonds is 9. The normalized spacial score (nSPS) is 10.8. The summed E-state index contributed by atoms with van der Waals surface area (Å²) >= 11 is 1.44. The first kappa shape index (κ1) is 20.5. The Morgan fingerprint density at radius 3 is 2.86 bits per heavy atom. The Morgan fingerprint density at radius 2 is 2.14 bits per heavy atom. The Morgan fingerprint density at radius 1 is 1.31 bits per heavy atom. The van der Waals surface area contributed by atoms with Gasteiger partial charge in [-0.3, -0.25) is 14.9 Å². The third-order valence-electron chi connectivity index (χ3n) is 4.13. The lowest BCUT2D eigenvalue weighted by molar-refractivity contribution is -0.384. The summed E-state index contributed by atoms with van der Waals surface area (Å²) in [6.45, 7) is 3.58. The standard InChI is InChI=1S/C18H21N7O3S/c1-3-7-19-15-14-11-21-24(16(14)23-18(22-15)29-2)9-8-20-17(26)12-5-4-6-13(10-12)25(27)28/h4-6,10-11H,3,7-9H2,1-2H3,(H,20,26)(H,19,22,23). The van der Waals surface area contributed by atoms with Gasteiger partial charge in [-0.05, 0) is 18.7 Å². The Balaban J connectivity index is 1.71. The van der Waals surface area contributed by atoms with Gasteiger partial charge in [-0.25, -0.2) is 14.6 Å². The number of anilines is 1. The first-order valence-corrected chi connectivity index (χ1v) is 10.3. The summed E-state index contributed by atoms with van der Waals surface area (Å²) in [5.41, 5.74) is 0.805. The molecule has 10 nitrogen and oxygen atoms in total. The number of nitrogens with zero attached hydrogens (tertiary/aromatic N) is 5. The maximum Gasteiger partial charge on any atom is 0.270 e. The molecule has 0 unspecified atom stereocenters. The monoisotopic (exact) mass is 415 g/mol. The van der Waals surface area contributed by atoms with Gasteiger partial charge in [-0.2, -0.15) is 5.10 Å². The molecule has 1 aromatic carbocycles. The molecular weight excluding hydrogens is 394 g/mol. The van der Waals surface area contributed by atoms with Crippen LogP contribution in [0.1, 0.15) is 23.7 Å². The summed E-state index contributed by atoms with van der Waals surface area (Å²) < 4.78 is 1.71. The van der Waals surface area contributed by atoms with Crippen molar-refractivity contribution in [2.24, 2.45) is 0 Å². The van der Waals surface area contributed by atoms with Crippen molar-refractivity contribution in [3.05, 3.63) is 46.1 Å². The zero-order valence-corrected chi connectivity index (χ0v) is 16.9. The third kappa shape index (κ3) is 4.80. The number of non-ortho nitro benzene ring substituents is 1. The summed E-state index contributed by atoms with van der Waals surface area (Å²) in [6, 6.07) is 5.62.